The molecule has 0 aromatic heterocycles. The van der Waals surface area contributed by atoms with Crippen LogP contribution in [-0.4, -0.2) is 39.1 Å². The van der Waals surface area contributed by atoms with E-state index in [-0.39, 0.29) is 11.7 Å². The predicted molar refractivity (Wildman–Crippen MR) is 77.4 cm³/mol. The van der Waals surface area contributed by atoms with Crippen LogP contribution in [0.15, 0.2) is 24.3 Å². The summed E-state index contributed by atoms with van der Waals surface area (Å²) in [6, 6.07) is 6.99. The number of benzene rings is 1. The number of hydrogen-bond donors (Lipinski definition) is 1. The van der Waals surface area contributed by atoms with Crippen molar-refractivity contribution in [3.05, 3.63) is 29.8 Å². The molecule has 1 aliphatic carbocycles. The molecule has 0 bridgehead atoms. The topological polar surface area (TPSA) is 32.7 Å². The number of rotatable bonds is 5. The summed E-state index contributed by atoms with van der Waals surface area (Å²) in [5, 5.41) is 5.29. The minimum atomic E-state index is -2.48. The van der Waals surface area contributed by atoms with Crippen molar-refractivity contribution >= 4 is 0 Å². The maximum Gasteiger partial charge on any atom is 0.211 e. The average Bonchev–Trinajstić information content (AvgIpc) is 2.46. The lowest BCUT2D eigenvalue weighted by atomic mass is 9.71. The Morgan fingerprint density at radius 2 is 2.42 bits per heavy atom. The van der Waals surface area contributed by atoms with Crippen LogP contribution in [0.4, 0.5) is 0 Å². The molecule has 1 aliphatic rings. The molecular weight excluding hydrogens is 238 g/mol. The van der Waals surface area contributed by atoms with E-state index in [1.54, 1.807) is 18.2 Å². The predicted octanol–water partition coefficient (Wildman–Crippen LogP) is 2.63. The number of ether oxygens (including phenoxy) is 1. The van der Waals surface area contributed by atoms with Crippen LogP contribution in [0.3, 0.4) is 0 Å². The van der Waals surface area contributed by atoms with Crippen LogP contribution in [0.2, 0.25) is 0 Å². The molecule has 0 aliphatic heterocycles. The molecule has 1 N–H and O–H groups in total. The van der Waals surface area contributed by atoms with Crippen LogP contribution < -0.4 is 4.74 Å². The fraction of sp³-hybridized carbons (Fsp3) is 0.625. The van der Waals surface area contributed by atoms with Crippen molar-refractivity contribution < 1.29 is 14.0 Å². The summed E-state index contributed by atoms with van der Waals surface area (Å²) in [5.74, 6) is 0.472. The van der Waals surface area contributed by atoms with Gasteiger partial charge in [0.2, 0.25) is 1.43 Å². The van der Waals surface area contributed by atoms with E-state index in [0.29, 0.717) is 0 Å². The summed E-state index contributed by atoms with van der Waals surface area (Å²) < 4.78 is 34.5. The minimum absolute atomic E-state index is 0.187. The zero-order chi connectivity index (χ0) is 17.1. The van der Waals surface area contributed by atoms with E-state index in [2.05, 4.69) is 4.90 Å². The van der Waals surface area contributed by atoms with Gasteiger partial charge in [-0.05, 0) is 44.6 Å². The summed E-state index contributed by atoms with van der Waals surface area (Å²) in [5.41, 5.74) is 0.109. The van der Waals surface area contributed by atoms with Gasteiger partial charge >= 0.3 is 0 Å². The van der Waals surface area contributed by atoms with Crippen LogP contribution in [0.25, 0.3) is 0 Å². The number of nitrogens with zero attached hydrogens (tertiary/aromatic N) is 1. The zero-order valence-corrected chi connectivity index (χ0v) is 11.7. The van der Waals surface area contributed by atoms with E-state index in [9.17, 15) is 0 Å². The van der Waals surface area contributed by atoms with Gasteiger partial charge in [-0.3, -0.25) is 0 Å². The summed E-state index contributed by atoms with van der Waals surface area (Å²) in [7, 11) is 1.54. The molecule has 2 atom stereocenters. The van der Waals surface area contributed by atoms with Crippen molar-refractivity contribution in [1.29, 1.82) is 1.43 Å². The number of hydrogen-bond acceptors (Lipinski definition) is 3. The second-order valence-corrected chi connectivity index (χ2v) is 5.72. The van der Waals surface area contributed by atoms with Gasteiger partial charge in [-0.2, -0.15) is 0 Å². The molecule has 0 amide bonds. The Balaban J connectivity index is 2.35. The highest BCUT2D eigenvalue weighted by Crippen LogP contribution is 2.42. The minimum Gasteiger partial charge on any atom is -0.497 e. The molecule has 1 fully saturated rings. The second kappa shape index (κ2) is 5.93. The van der Waals surface area contributed by atoms with E-state index in [0.717, 1.165) is 37.8 Å². The highest BCUT2D eigenvalue weighted by Gasteiger charge is 2.40. The molecule has 0 unspecified atom stereocenters. The van der Waals surface area contributed by atoms with Crippen molar-refractivity contribution in [1.82, 2.24) is 4.90 Å². The van der Waals surface area contributed by atoms with Gasteiger partial charge in [0.1, 0.15) is 5.75 Å². The van der Waals surface area contributed by atoms with Crippen LogP contribution in [0.1, 0.15) is 35.4 Å². The molecular formula is C16H25NO2. The summed E-state index contributed by atoms with van der Waals surface area (Å²) in [6.07, 6.45) is 3.86. The van der Waals surface area contributed by atoms with E-state index in [1.807, 2.05) is 20.2 Å². The van der Waals surface area contributed by atoms with Gasteiger partial charge in [0.05, 0.1) is 16.8 Å². The summed E-state index contributed by atoms with van der Waals surface area (Å²) >= 11 is 0. The van der Waals surface area contributed by atoms with Crippen LogP contribution >= 0.6 is 0 Å². The van der Waals surface area contributed by atoms with Crippen molar-refractivity contribution in [2.24, 2.45) is 5.92 Å². The van der Waals surface area contributed by atoms with Crippen molar-refractivity contribution in [3.8, 4) is 5.75 Å². The maximum absolute atomic E-state index is 7.74. The highest BCUT2D eigenvalue weighted by molar-refractivity contribution is 5.33. The lowest BCUT2D eigenvalue weighted by molar-refractivity contribution is -0.0619. The third-order valence-corrected chi connectivity index (χ3v) is 4.04. The first kappa shape index (κ1) is 9.78. The third kappa shape index (κ3) is 3.10. The Morgan fingerprint density at radius 1 is 1.53 bits per heavy atom. The first-order chi connectivity index (χ1) is 10.8. The number of methoxy groups -OCH3 is 1. The Labute approximate surface area is 121 Å². The quantitative estimate of drug-likeness (QED) is 0.890. The van der Waals surface area contributed by atoms with E-state index in [1.165, 1.54) is 0 Å². The Bertz CT molecular complexity index is 521. The first-order valence-electron chi connectivity index (χ1n) is 8.76. The summed E-state index contributed by atoms with van der Waals surface area (Å²) in [6.45, 7) is 0.823. The zero-order valence-electron chi connectivity index (χ0n) is 15.7. The maximum atomic E-state index is 7.74. The molecule has 2 rings (SSSR count). The Hall–Kier alpha value is -1.06. The summed E-state index contributed by atoms with van der Waals surface area (Å²) in [4.78, 5) is 2.10. The second-order valence-electron chi connectivity index (χ2n) is 5.72. The molecule has 106 valence electrons. The Morgan fingerprint density at radius 3 is 3.16 bits per heavy atom. The number of aliphatic hydroxyl groups is 1. The molecule has 19 heavy (non-hydrogen) atoms. The van der Waals surface area contributed by atoms with Crippen molar-refractivity contribution in [2.45, 2.75) is 31.3 Å². The van der Waals surface area contributed by atoms with E-state index < -0.39 is 12.6 Å². The molecule has 0 heterocycles. The molecule has 1 saturated carbocycles. The van der Waals surface area contributed by atoms with Crippen molar-refractivity contribution in [3.63, 3.8) is 0 Å². The SMILES string of the molecule is [2H]O[C@@]1(c2cccc(OC([2H])([2H])[2H])c2)CCCC[C@H]1CN(C)C. The van der Waals surface area contributed by atoms with Crippen LogP contribution in [-0.2, 0) is 5.60 Å². The monoisotopic (exact) mass is 267 g/mol. The van der Waals surface area contributed by atoms with Gasteiger partial charge in [0.25, 0.3) is 0 Å². The van der Waals surface area contributed by atoms with Crippen LogP contribution in [0, 0.1) is 5.92 Å². The van der Waals surface area contributed by atoms with E-state index in [4.69, 9.17) is 15.4 Å². The first-order valence-corrected chi connectivity index (χ1v) is 6.85. The molecule has 1 aromatic carbocycles. The van der Waals surface area contributed by atoms with Crippen LogP contribution in [0.5, 0.6) is 5.75 Å². The molecule has 1 aromatic rings. The fourth-order valence-electron chi connectivity index (χ4n) is 3.10. The lowest BCUT2D eigenvalue weighted by Gasteiger charge is -2.41. The van der Waals surface area contributed by atoms with Gasteiger partial charge in [-0.1, -0.05) is 25.0 Å². The third-order valence-electron chi connectivity index (χ3n) is 4.04. The molecule has 0 radical (unpaired) electrons. The molecule has 0 saturated heterocycles. The molecule has 3 heteroatoms. The average molecular weight is 267 g/mol. The highest BCUT2D eigenvalue weighted by atomic mass is 16.5. The van der Waals surface area contributed by atoms with Gasteiger partial charge in [-0.15, -0.1) is 0 Å². The largest absolute Gasteiger partial charge is 0.497 e. The van der Waals surface area contributed by atoms with E-state index >= 15 is 0 Å². The molecule has 3 nitrogen and oxygen atoms in total. The molecule has 0 spiro atoms. The fourth-order valence-corrected chi connectivity index (χ4v) is 3.10. The lowest BCUT2D eigenvalue weighted by Crippen LogP contribution is -2.43. The van der Waals surface area contributed by atoms with Gasteiger partial charge in [0.15, 0.2) is 0 Å². The standard InChI is InChI=1S/C16H25NO2/c1-17(2)12-14-7-4-5-10-16(14,18)13-8-6-9-15(11-13)19-3/h6,8-9,11,14,18H,4-5,7,10,12H2,1-3H3/t14-,16+/m0/s1/i3D3,18D. The van der Waals surface area contributed by atoms with Gasteiger partial charge in [-0.25, -0.2) is 0 Å². The van der Waals surface area contributed by atoms with Gasteiger partial charge < -0.3 is 14.7 Å². The smallest absolute Gasteiger partial charge is 0.211 e. The van der Waals surface area contributed by atoms with Gasteiger partial charge in [0, 0.05) is 12.5 Å². The van der Waals surface area contributed by atoms with Crippen molar-refractivity contribution in [2.75, 3.05) is 27.7 Å². The normalized spacial score (nSPS) is 31.2. The Kier molecular flexibility index (Phi) is 3.05.